The minimum absolute atomic E-state index is 0.197. The second-order valence-corrected chi connectivity index (χ2v) is 6.14. The zero-order valence-corrected chi connectivity index (χ0v) is 13.6. The number of hydrogen-bond acceptors (Lipinski definition) is 7. The number of aromatic amines is 1. The third kappa shape index (κ3) is 3.45. The fraction of sp³-hybridized carbons (Fsp3) is 0.357. The van der Waals surface area contributed by atoms with Crippen molar-refractivity contribution < 1.29 is 9.90 Å². The molecule has 0 saturated heterocycles. The zero-order valence-electron chi connectivity index (χ0n) is 12.8. The van der Waals surface area contributed by atoms with E-state index < -0.39 is 5.97 Å². The summed E-state index contributed by atoms with van der Waals surface area (Å²) in [5.74, 6) is 1.33. The van der Waals surface area contributed by atoms with Crippen LogP contribution in [0.5, 0.6) is 0 Å². The lowest BCUT2D eigenvalue weighted by molar-refractivity contribution is -0.136. The first-order valence-corrected chi connectivity index (χ1v) is 7.99. The van der Waals surface area contributed by atoms with E-state index in [2.05, 4.69) is 43.5 Å². The van der Waals surface area contributed by atoms with Gasteiger partial charge < -0.3 is 10.4 Å². The lowest BCUT2D eigenvalue weighted by atomic mass is 10.3. The average Bonchev–Trinajstić information content (AvgIpc) is 3.10. The van der Waals surface area contributed by atoms with Gasteiger partial charge in [0.2, 0.25) is 0 Å². The number of H-pyrrole nitrogens is 1. The number of fused-ring (bicyclic) bond motifs is 1. The number of nitrogens with one attached hydrogen (secondary N) is 2. The first-order valence-electron chi connectivity index (χ1n) is 7.18. The molecule has 9 heteroatoms. The fourth-order valence-electron chi connectivity index (χ4n) is 2.18. The van der Waals surface area contributed by atoms with Crippen LogP contribution in [0.4, 0.5) is 5.82 Å². The van der Waals surface area contributed by atoms with E-state index in [4.69, 9.17) is 5.11 Å². The molecule has 0 bridgehead atoms. The minimum Gasteiger partial charge on any atom is -0.481 e. The molecule has 0 saturated carbocycles. The van der Waals surface area contributed by atoms with Crippen molar-refractivity contribution in [2.75, 3.05) is 5.32 Å². The summed E-state index contributed by atoms with van der Waals surface area (Å²) < 4.78 is 0. The number of aryl methyl sites for hydroxylation is 2. The third-order valence-electron chi connectivity index (χ3n) is 3.21. The lowest BCUT2D eigenvalue weighted by Crippen LogP contribution is -2.05. The topological polar surface area (TPSA) is 117 Å². The summed E-state index contributed by atoms with van der Waals surface area (Å²) in [4.78, 5) is 25.9. The molecule has 0 atom stereocenters. The van der Waals surface area contributed by atoms with Crippen molar-refractivity contribution in [1.82, 2.24) is 25.1 Å². The summed E-state index contributed by atoms with van der Waals surface area (Å²) in [6.45, 7) is 4.35. The number of carboxylic acid groups (broad SMARTS) is 1. The van der Waals surface area contributed by atoms with Gasteiger partial charge in [0.05, 0.1) is 11.9 Å². The van der Waals surface area contributed by atoms with Gasteiger partial charge >= 0.3 is 5.97 Å². The maximum atomic E-state index is 10.6. The van der Waals surface area contributed by atoms with Gasteiger partial charge in [-0.3, -0.25) is 9.89 Å². The second-order valence-electron chi connectivity index (χ2n) is 5.03. The van der Waals surface area contributed by atoms with E-state index in [9.17, 15) is 4.79 Å². The van der Waals surface area contributed by atoms with Crippen LogP contribution in [0.1, 0.15) is 29.3 Å². The predicted octanol–water partition coefficient (Wildman–Crippen LogP) is 1.92. The standard InChI is InChI=1S/C14H16N6O2S/c1-3-8-4-9-13(16-7(2)17-14(9)23-8)15-6-11-18-10(19-20-11)5-12(21)22/h4H,3,5-6H2,1-2H3,(H,21,22)(H,15,16,17)(H,18,19,20). The number of aliphatic carboxylic acids is 1. The molecule has 0 aromatic carbocycles. The highest BCUT2D eigenvalue weighted by atomic mass is 32.1. The van der Waals surface area contributed by atoms with Crippen molar-refractivity contribution >= 4 is 33.3 Å². The molecule has 0 amide bonds. The number of carbonyl (C=O) groups is 1. The normalized spacial score (nSPS) is 11.0. The van der Waals surface area contributed by atoms with Crippen LogP contribution in [0.3, 0.4) is 0 Å². The highest BCUT2D eigenvalue weighted by Gasteiger charge is 2.11. The van der Waals surface area contributed by atoms with E-state index in [-0.39, 0.29) is 12.2 Å². The van der Waals surface area contributed by atoms with E-state index in [1.54, 1.807) is 11.3 Å². The van der Waals surface area contributed by atoms with Crippen LogP contribution in [-0.4, -0.2) is 36.2 Å². The molecule has 3 aromatic rings. The summed E-state index contributed by atoms with van der Waals surface area (Å²) in [5, 5.41) is 19.6. The van der Waals surface area contributed by atoms with Crippen LogP contribution in [0.2, 0.25) is 0 Å². The Labute approximate surface area is 136 Å². The Hall–Kier alpha value is -2.55. The molecule has 3 heterocycles. The molecule has 23 heavy (non-hydrogen) atoms. The number of hydrogen-bond donors (Lipinski definition) is 3. The lowest BCUT2D eigenvalue weighted by Gasteiger charge is -2.05. The Morgan fingerprint density at radius 1 is 1.39 bits per heavy atom. The smallest absolute Gasteiger partial charge is 0.311 e. The maximum absolute atomic E-state index is 10.6. The van der Waals surface area contributed by atoms with Gasteiger partial charge in [-0.15, -0.1) is 11.3 Å². The van der Waals surface area contributed by atoms with Gasteiger partial charge in [-0.1, -0.05) is 6.92 Å². The molecule has 0 spiro atoms. The van der Waals surface area contributed by atoms with E-state index in [0.717, 1.165) is 22.5 Å². The number of anilines is 1. The summed E-state index contributed by atoms with van der Waals surface area (Å²) in [7, 11) is 0. The Morgan fingerprint density at radius 3 is 2.96 bits per heavy atom. The summed E-state index contributed by atoms with van der Waals surface area (Å²) >= 11 is 1.67. The first-order chi connectivity index (χ1) is 11.0. The Balaban J connectivity index is 1.79. The van der Waals surface area contributed by atoms with Crippen molar-refractivity contribution in [2.24, 2.45) is 0 Å². The quantitative estimate of drug-likeness (QED) is 0.631. The number of carboxylic acids is 1. The molecule has 0 radical (unpaired) electrons. The Morgan fingerprint density at radius 2 is 2.22 bits per heavy atom. The SMILES string of the molecule is CCc1cc2c(NCc3nc(CC(=O)O)n[nH]3)nc(C)nc2s1. The van der Waals surface area contributed by atoms with E-state index in [1.165, 1.54) is 4.88 Å². The maximum Gasteiger partial charge on any atom is 0.311 e. The number of thiophene rings is 1. The van der Waals surface area contributed by atoms with Crippen LogP contribution in [-0.2, 0) is 24.2 Å². The largest absolute Gasteiger partial charge is 0.481 e. The monoisotopic (exact) mass is 332 g/mol. The molecule has 0 fully saturated rings. The van der Waals surface area contributed by atoms with Crippen molar-refractivity contribution in [3.05, 3.63) is 28.4 Å². The molecule has 3 N–H and O–H groups in total. The Kier molecular flexibility index (Phi) is 4.20. The molecule has 3 aromatic heterocycles. The van der Waals surface area contributed by atoms with Gasteiger partial charge in [-0.2, -0.15) is 5.10 Å². The first kappa shape index (κ1) is 15.3. The van der Waals surface area contributed by atoms with Crippen molar-refractivity contribution in [2.45, 2.75) is 33.2 Å². The van der Waals surface area contributed by atoms with Crippen LogP contribution in [0, 0.1) is 6.92 Å². The third-order valence-corrected chi connectivity index (χ3v) is 4.39. The van der Waals surface area contributed by atoms with Gasteiger partial charge in [0.1, 0.15) is 28.7 Å². The Bertz CT molecular complexity index is 856. The molecular formula is C14H16N6O2S. The van der Waals surface area contributed by atoms with Crippen LogP contribution in [0.15, 0.2) is 6.07 Å². The average molecular weight is 332 g/mol. The van der Waals surface area contributed by atoms with E-state index >= 15 is 0 Å². The van der Waals surface area contributed by atoms with Gasteiger partial charge in [-0.25, -0.2) is 15.0 Å². The van der Waals surface area contributed by atoms with Crippen LogP contribution in [0.25, 0.3) is 10.2 Å². The molecule has 3 rings (SSSR count). The number of nitrogens with zero attached hydrogens (tertiary/aromatic N) is 4. The molecule has 120 valence electrons. The van der Waals surface area contributed by atoms with Crippen LogP contribution >= 0.6 is 11.3 Å². The zero-order chi connectivity index (χ0) is 16.4. The number of aromatic nitrogens is 5. The van der Waals surface area contributed by atoms with Crippen molar-refractivity contribution in [3.63, 3.8) is 0 Å². The van der Waals surface area contributed by atoms with E-state index in [1.807, 2.05) is 6.92 Å². The van der Waals surface area contributed by atoms with Gasteiger partial charge in [0, 0.05) is 4.88 Å². The predicted molar refractivity (Wildman–Crippen MR) is 86.6 cm³/mol. The second kappa shape index (κ2) is 6.29. The summed E-state index contributed by atoms with van der Waals surface area (Å²) in [6, 6.07) is 2.10. The molecule has 0 aliphatic carbocycles. The molecule has 0 unspecified atom stereocenters. The van der Waals surface area contributed by atoms with Crippen molar-refractivity contribution in [1.29, 1.82) is 0 Å². The summed E-state index contributed by atoms with van der Waals surface area (Å²) in [5.41, 5.74) is 0. The molecule has 0 aliphatic heterocycles. The summed E-state index contributed by atoms with van der Waals surface area (Å²) in [6.07, 6.45) is 0.762. The minimum atomic E-state index is -0.956. The van der Waals surface area contributed by atoms with Gasteiger partial charge in [0.15, 0.2) is 5.82 Å². The van der Waals surface area contributed by atoms with Crippen LogP contribution < -0.4 is 5.32 Å². The van der Waals surface area contributed by atoms with Gasteiger partial charge in [-0.05, 0) is 19.4 Å². The highest BCUT2D eigenvalue weighted by molar-refractivity contribution is 7.18. The van der Waals surface area contributed by atoms with E-state index in [0.29, 0.717) is 18.2 Å². The number of rotatable bonds is 6. The molecular weight excluding hydrogens is 316 g/mol. The fourth-order valence-corrected chi connectivity index (χ4v) is 3.20. The molecule has 0 aliphatic rings. The highest BCUT2D eigenvalue weighted by Crippen LogP contribution is 2.29. The molecule has 8 nitrogen and oxygen atoms in total. The van der Waals surface area contributed by atoms with Crippen molar-refractivity contribution in [3.8, 4) is 0 Å². The van der Waals surface area contributed by atoms with Gasteiger partial charge in [0.25, 0.3) is 0 Å².